The van der Waals surface area contributed by atoms with Gasteiger partial charge >= 0.3 is 0 Å². The van der Waals surface area contributed by atoms with E-state index in [1.807, 2.05) is 18.2 Å². The van der Waals surface area contributed by atoms with E-state index in [4.69, 9.17) is 4.98 Å². The van der Waals surface area contributed by atoms with Crippen LogP contribution in [0.1, 0.15) is 66.4 Å². The summed E-state index contributed by atoms with van der Waals surface area (Å²) in [5.41, 5.74) is 4.27. The molecule has 1 aromatic heterocycles. The molecule has 2 aromatic rings. The van der Waals surface area contributed by atoms with Crippen molar-refractivity contribution >= 4 is 34.6 Å². The van der Waals surface area contributed by atoms with Gasteiger partial charge in [0.05, 0.1) is 22.6 Å². The van der Waals surface area contributed by atoms with Crippen LogP contribution < -0.4 is 15.5 Å². The monoisotopic (exact) mass is 421 g/mol. The van der Waals surface area contributed by atoms with E-state index in [1.54, 1.807) is 13.0 Å². The Hall–Kier alpha value is -2.93. The fourth-order valence-corrected chi connectivity index (χ4v) is 4.48. The van der Waals surface area contributed by atoms with E-state index in [2.05, 4.69) is 34.3 Å². The molecular formula is C24H31N5O2. The lowest BCUT2D eigenvalue weighted by atomic mass is 10.0. The minimum Gasteiger partial charge on any atom is -0.369 e. The molecule has 1 fully saturated rings. The Kier molecular flexibility index (Phi) is 6.23. The molecule has 1 saturated heterocycles. The lowest BCUT2D eigenvalue weighted by Gasteiger charge is -2.34. The first kappa shape index (κ1) is 21.3. The molecule has 2 aliphatic heterocycles. The number of nitrogens with one attached hydrogen (secondary N) is 2. The summed E-state index contributed by atoms with van der Waals surface area (Å²) >= 11 is 0. The Bertz CT molecular complexity index is 994. The van der Waals surface area contributed by atoms with Gasteiger partial charge in [0.25, 0.3) is 5.91 Å². The van der Waals surface area contributed by atoms with Crippen molar-refractivity contribution in [1.29, 1.82) is 0 Å². The SMILES string of the molecule is CCN(CC)Cc1c2c(nc(C(C)=O)c1N1CCCCC1)Nc1ccccc1C(=O)N2. The van der Waals surface area contributed by atoms with Crippen molar-refractivity contribution in [2.75, 3.05) is 41.7 Å². The van der Waals surface area contributed by atoms with Gasteiger partial charge in [0.1, 0.15) is 5.69 Å². The van der Waals surface area contributed by atoms with E-state index in [0.717, 1.165) is 50.3 Å². The van der Waals surface area contributed by atoms with E-state index >= 15 is 0 Å². The first-order valence-corrected chi connectivity index (χ1v) is 11.3. The summed E-state index contributed by atoms with van der Waals surface area (Å²) in [6.45, 7) is 10.0. The molecular weight excluding hydrogens is 390 g/mol. The first-order valence-electron chi connectivity index (χ1n) is 11.3. The number of anilines is 4. The number of Topliss-reactive ketones (excluding diaryl/α,β-unsaturated/α-hetero) is 1. The third-order valence-electron chi connectivity index (χ3n) is 6.22. The molecule has 2 N–H and O–H groups in total. The number of carbonyl (C=O) groups is 2. The van der Waals surface area contributed by atoms with Crippen molar-refractivity contribution in [3.8, 4) is 0 Å². The molecule has 2 aliphatic rings. The smallest absolute Gasteiger partial charge is 0.257 e. The number of ketones is 1. The zero-order valence-corrected chi connectivity index (χ0v) is 18.6. The van der Waals surface area contributed by atoms with Crippen molar-refractivity contribution in [2.24, 2.45) is 0 Å². The Balaban J connectivity index is 1.94. The zero-order valence-electron chi connectivity index (χ0n) is 18.6. The van der Waals surface area contributed by atoms with Crippen LogP contribution in [0.5, 0.6) is 0 Å². The summed E-state index contributed by atoms with van der Waals surface area (Å²) in [5.74, 6) is 0.311. The second-order valence-electron chi connectivity index (χ2n) is 8.20. The lowest BCUT2D eigenvalue weighted by Crippen LogP contribution is -2.34. The van der Waals surface area contributed by atoms with Crippen molar-refractivity contribution in [3.63, 3.8) is 0 Å². The Morgan fingerprint density at radius 2 is 1.81 bits per heavy atom. The van der Waals surface area contributed by atoms with E-state index in [1.165, 1.54) is 6.42 Å². The van der Waals surface area contributed by atoms with Gasteiger partial charge in [-0.25, -0.2) is 4.98 Å². The maximum Gasteiger partial charge on any atom is 0.257 e. The van der Waals surface area contributed by atoms with Gasteiger partial charge in [0.2, 0.25) is 0 Å². The van der Waals surface area contributed by atoms with Crippen LogP contribution in [0.2, 0.25) is 0 Å². The van der Waals surface area contributed by atoms with Crippen LogP contribution in [0, 0.1) is 0 Å². The average molecular weight is 422 g/mol. The Morgan fingerprint density at radius 1 is 1.10 bits per heavy atom. The van der Waals surface area contributed by atoms with Gasteiger partial charge in [-0.2, -0.15) is 0 Å². The highest BCUT2D eigenvalue weighted by atomic mass is 16.1. The van der Waals surface area contributed by atoms with Crippen LogP contribution in [0.4, 0.5) is 22.9 Å². The summed E-state index contributed by atoms with van der Waals surface area (Å²) in [6, 6.07) is 7.39. The number of hydrogen-bond acceptors (Lipinski definition) is 6. The minimum absolute atomic E-state index is 0.0603. The summed E-state index contributed by atoms with van der Waals surface area (Å²) in [7, 11) is 0. The number of hydrogen-bond donors (Lipinski definition) is 2. The number of amides is 1. The quantitative estimate of drug-likeness (QED) is 0.672. The molecule has 0 atom stereocenters. The molecule has 1 amide bonds. The van der Waals surface area contributed by atoms with Gasteiger partial charge in [0, 0.05) is 32.1 Å². The lowest BCUT2D eigenvalue weighted by molar-refractivity contribution is 0.101. The van der Waals surface area contributed by atoms with E-state index in [9.17, 15) is 9.59 Å². The number of fused-ring (bicyclic) bond motifs is 2. The van der Waals surface area contributed by atoms with Gasteiger partial charge in [-0.05, 0) is 44.5 Å². The predicted molar refractivity (Wildman–Crippen MR) is 125 cm³/mol. The van der Waals surface area contributed by atoms with Crippen LogP contribution in [0.3, 0.4) is 0 Å². The summed E-state index contributed by atoms with van der Waals surface area (Å²) in [6.07, 6.45) is 3.38. The predicted octanol–water partition coefficient (Wildman–Crippen LogP) is 4.43. The van der Waals surface area contributed by atoms with Crippen molar-refractivity contribution in [2.45, 2.75) is 46.6 Å². The highest BCUT2D eigenvalue weighted by Crippen LogP contribution is 2.41. The van der Waals surface area contributed by atoms with E-state index < -0.39 is 0 Å². The maximum atomic E-state index is 13.1. The van der Waals surface area contributed by atoms with Crippen LogP contribution in [0.25, 0.3) is 0 Å². The third-order valence-corrected chi connectivity index (χ3v) is 6.22. The van der Waals surface area contributed by atoms with Gasteiger partial charge < -0.3 is 15.5 Å². The number of rotatable bonds is 6. The van der Waals surface area contributed by atoms with Crippen molar-refractivity contribution < 1.29 is 9.59 Å². The highest BCUT2D eigenvalue weighted by molar-refractivity contribution is 6.13. The van der Waals surface area contributed by atoms with Crippen LogP contribution in [0.15, 0.2) is 24.3 Å². The van der Waals surface area contributed by atoms with Crippen LogP contribution in [-0.2, 0) is 6.54 Å². The molecule has 164 valence electrons. The number of aromatic nitrogens is 1. The molecule has 0 radical (unpaired) electrons. The van der Waals surface area contributed by atoms with Gasteiger partial charge in [-0.15, -0.1) is 0 Å². The molecule has 7 heteroatoms. The fraction of sp³-hybridized carbons (Fsp3) is 0.458. The first-order chi connectivity index (χ1) is 15.0. The van der Waals surface area contributed by atoms with Crippen molar-refractivity contribution in [3.05, 3.63) is 41.1 Å². The number of nitrogens with zero attached hydrogens (tertiary/aromatic N) is 3. The molecule has 0 aliphatic carbocycles. The number of carbonyl (C=O) groups excluding carboxylic acids is 2. The molecule has 0 saturated carbocycles. The van der Waals surface area contributed by atoms with Crippen LogP contribution in [-0.4, -0.2) is 47.8 Å². The Labute approximate surface area is 183 Å². The van der Waals surface area contributed by atoms with E-state index in [-0.39, 0.29) is 11.7 Å². The second kappa shape index (κ2) is 9.06. The molecule has 3 heterocycles. The van der Waals surface area contributed by atoms with Gasteiger partial charge in [-0.1, -0.05) is 26.0 Å². The molecule has 1 aromatic carbocycles. The summed E-state index contributed by atoms with van der Waals surface area (Å²) in [5, 5.41) is 6.44. The topological polar surface area (TPSA) is 77.6 Å². The standard InChI is InChI=1S/C24H31N5O2/c1-4-28(5-2)15-18-21-23(25-19-12-8-7-11-17(19)24(31)27-21)26-20(16(3)30)22(18)29-13-9-6-10-14-29/h7-8,11-12H,4-6,9-10,13-15H2,1-3H3,(H,25,26)(H,27,31). The summed E-state index contributed by atoms with van der Waals surface area (Å²) < 4.78 is 0. The molecule has 4 rings (SSSR count). The number of pyridine rings is 1. The molecule has 31 heavy (non-hydrogen) atoms. The maximum absolute atomic E-state index is 13.1. The van der Waals surface area contributed by atoms with E-state index in [0.29, 0.717) is 35.0 Å². The molecule has 0 unspecified atom stereocenters. The summed E-state index contributed by atoms with van der Waals surface area (Å²) in [4.78, 5) is 35.2. The molecule has 0 bridgehead atoms. The minimum atomic E-state index is -0.162. The van der Waals surface area contributed by atoms with Crippen LogP contribution >= 0.6 is 0 Å². The largest absolute Gasteiger partial charge is 0.369 e. The normalized spacial score (nSPS) is 15.6. The highest BCUT2D eigenvalue weighted by Gasteiger charge is 2.30. The number of benzene rings is 1. The van der Waals surface area contributed by atoms with Crippen molar-refractivity contribution in [1.82, 2.24) is 9.88 Å². The molecule has 7 nitrogen and oxygen atoms in total. The number of para-hydroxylation sites is 1. The molecule has 0 spiro atoms. The number of piperidine rings is 1. The van der Waals surface area contributed by atoms with Gasteiger partial charge in [0.15, 0.2) is 11.6 Å². The average Bonchev–Trinajstić information content (AvgIpc) is 2.93. The second-order valence-corrected chi connectivity index (χ2v) is 8.20. The third kappa shape index (κ3) is 4.14. The zero-order chi connectivity index (χ0) is 22.0. The Morgan fingerprint density at radius 3 is 2.48 bits per heavy atom. The fourth-order valence-electron chi connectivity index (χ4n) is 4.48. The van der Waals surface area contributed by atoms with Gasteiger partial charge in [-0.3, -0.25) is 14.5 Å².